The zero-order valence-corrected chi connectivity index (χ0v) is 34.8. The molecule has 0 aliphatic carbocycles. The second-order valence-electron chi connectivity index (χ2n) is 14.3. The number of halogens is 1. The number of guanidine groups is 1. The Labute approximate surface area is 362 Å². The van der Waals surface area contributed by atoms with E-state index < -0.39 is 53.6 Å². The highest BCUT2D eigenvalue weighted by molar-refractivity contribution is 6.31. The van der Waals surface area contributed by atoms with Gasteiger partial charge < -0.3 is 48.1 Å². The van der Waals surface area contributed by atoms with Gasteiger partial charge in [-0.1, -0.05) is 60.1 Å². The first-order valence-corrected chi connectivity index (χ1v) is 20.3. The number of nitrogens with one attached hydrogen (secondary N) is 6. The van der Waals surface area contributed by atoms with Crippen molar-refractivity contribution >= 4 is 70.7 Å². The van der Waals surface area contributed by atoms with E-state index in [1.165, 1.54) is 0 Å². The van der Waals surface area contributed by atoms with Gasteiger partial charge in [0, 0.05) is 38.8 Å². The molecule has 13 N–H and O–H groups in total. The van der Waals surface area contributed by atoms with Crippen molar-refractivity contribution in [1.82, 2.24) is 36.6 Å². The summed E-state index contributed by atoms with van der Waals surface area (Å²) in [5, 5.41) is 48.0. The van der Waals surface area contributed by atoms with Gasteiger partial charge in [-0.15, -0.1) is 0 Å². The van der Waals surface area contributed by atoms with Crippen molar-refractivity contribution in [3.8, 4) is 11.1 Å². The van der Waals surface area contributed by atoms with Gasteiger partial charge in [-0.3, -0.25) is 39.5 Å². The summed E-state index contributed by atoms with van der Waals surface area (Å²) in [5.41, 5.74) is 15.0. The van der Waals surface area contributed by atoms with Crippen LogP contribution < -0.4 is 38.1 Å². The minimum atomic E-state index is -1.20. The molecule has 4 amide bonds. The summed E-state index contributed by atoms with van der Waals surface area (Å²) in [6.07, 6.45) is 2.78. The summed E-state index contributed by atoms with van der Waals surface area (Å²) in [6, 6.07) is 13.6. The average Bonchev–Trinajstić information content (AvgIpc) is 3.22. The summed E-state index contributed by atoms with van der Waals surface area (Å²) in [4.78, 5) is 91.0. The number of anilines is 2. The summed E-state index contributed by atoms with van der Waals surface area (Å²) < 4.78 is 0. The molecule has 0 aliphatic heterocycles. The molecule has 62 heavy (non-hydrogen) atoms. The lowest BCUT2D eigenvalue weighted by Crippen LogP contribution is -2.47. The Morgan fingerprint density at radius 3 is 1.81 bits per heavy atom. The minimum absolute atomic E-state index is 0.0613. The molecule has 0 bridgehead atoms. The van der Waals surface area contributed by atoms with Crippen LogP contribution in [0.25, 0.3) is 11.1 Å². The van der Waals surface area contributed by atoms with Gasteiger partial charge in [-0.25, -0.2) is 14.8 Å². The van der Waals surface area contributed by atoms with Crippen LogP contribution in [-0.4, -0.2) is 98.0 Å². The molecule has 1 aromatic heterocycles. The smallest absolute Gasteiger partial charge is 0.326 e. The van der Waals surface area contributed by atoms with E-state index in [0.29, 0.717) is 25.8 Å². The van der Waals surface area contributed by atoms with Gasteiger partial charge in [0.1, 0.15) is 12.1 Å². The van der Waals surface area contributed by atoms with Crippen molar-refractivity contribution in [2.75, 3.05) is 24.6 Å². The fourth-order valence-corrected chi connectivity index (χ4v) is 6.14. The summed E-state index contributed by atoms with van der Waals surface area (Å²) >= 11 is 5.81. The van der Waals surface area contributed by atoms with Crippen molar-refractivity contribution < 1.29 is 48.9 Å². The predicted molar refractivity (Wildman–Crippen MR) is 229 cm³/mol. The predicted octanol–water partition coefficient (Wildman–Crippen LogP) is 2.63. The van der Waals surface area contributed by atoms with Crippen LogP contribution in [0.5, 0.6) is 0 Å². The number of rotatable bonds is 26. The molecule has 334 valence electrons. The molecule has 0 aliphatic rings. The number of nitrogen functional groups attached to an aromatic ring is 2. The van der Waals surface area contributed by atoms with E-state index in [1.54, 1.807) is 0 Å². The number of unbranched alkanes of at least 4 members (excludes halogenated alkanes) is 2. The first kappa shape index (κ1) is 49.5. The Kier molecular flexibility index (Phi) is 20.5. The van der Waals surface area contributed by atoms with Crippen LogP contribution in [-0.2, 0) is 41.6 Å². The van der Waals surface area contributed by atoms with Gasteiger partial charge in [-0.05, 0) is 80.0 Å². The van der Waals surface area contributed by atoms with E-state index in [4.69, 9.17) is 38.7 Å². The monoisotopic (exact) mass is 880 g/mol. The first-order valence-electron chi connectivity index (χ1n) is 20.0. The molecule has 20 nitrogen and oxygen atoms in total. The third-order valence-corrected chi connectivity index (χ3v) is 9.66. The van der Waals surface area contributed by atoms with Gasteiger partial charge in [-0.2, -0.15) is 0 Å². The number of hydrogen-bond donors (Lipinski definition) is 11. The van der Waals surface area contributed by atoms with E-state index in [9.17, 15) is 38.7 Å². The lowest BCUT2D eigenvalue weighted by Gasteiger charge is -2.18. The number of carboxylic acid groups (broad SMARTS) is 3. The van der Waals surface area contributed by atoms with Gasteiger partial charge >= 0.3 is 17.9 Å². The lowest BCUT2D eigenvalue weighted by molar-refractivity contribution is -0.142. The number of aliphatic carboxylic acids is 3. The van der Waals surface area contributed by atoms with Crippen molar-refractivity contribution in [1.29, 1.82) is 5.41 Å². The summed E-state index contributed by atoms with van der Waals surface area (Å²) in [5.74, 6) is -6.29. The largest absolute Gasteiger partial charge is 0.481 e. The van der Waals surface area contributed by atoms with Crippen LogP contribution in [0.15, 0.2) is 48.5 Å². The Balaban J connectivity index is 1.34. The molecule has 2 atom stereocenters. The number of hydrogen-bond acceptors (Lipinski definition) is 12. The normalized spacial score (nSPS) is 11.7. The van der Waals surface area contributed by atoms with Crippen LogP contribution in [0.2, 0.25) is 5.15 Å². The maximum absolute atomic E-state index is 12.7. The number of carbonyl (C=O) groups is 7. The molecule has 21 heteroatoms. The summed E-state index contributed by atoms with van der Waals surface area (Å²) in [6.45, 7) is 0.568. The first-order chi connectivity index (χ1) is 29.5. The van der Waals surface area contributed by atoms with E-state index >= 15 is 0 Å². The van der Waals surface area contributed by atoms with Crippen LogP contribution in [0.1, 0.15) is 92.2 Å². The number of aromatic nitrogens is 2. The van der Waals surface area contributed by atoms with Gasteiger partial charge in [0.2, 0.25) is 17.7 Å². The second-order valence-corrected chi connectivity index (χ2v) is 14.6. The number of carboxylic acids is 3. The van der Waals surface area contributed by atoms with Gasteiger partial charge in [0.05, 0.1) is 0 Å². The molecule has 0 unspecified atom stereocenters. The molecule has 3 aromatic rings. The molecule has 0 spiro atoms. The quantitative estimate of drug-likeness (QED) is 0.0314. The van der Waals surface area contributed by atoms with E-state index in [-0.39, 0.29) is 79.9 Å². The van der Waals surface area contributed by atoms with Gasteiger partial charge in [0.15, 0.2) is 28.4 Å². The van der Waals surface area contributed by atoms with Crippen LogP contribution in [0.3, 0.4) is 0 Å². The molecule has 2 aromatic carbocycles. The highest BCUT2D eigenvalue weighted by Crippen LogP contribution is 2.22. The third kappa shape index (κ3) is 18.2. The van der Waals surface area contributed by atoms with Crippen molar-refractivity contribution in [3.63, 3.8) is 0 Å². The highest BCUT2D eigenvalue weighted by Gasteiger charge is 2.23. The standard InChI is InChI=1S/C41H53ClN10O10/c42-35-37(44)51-36(43)34(50-35)39(60)52-41(45)47-23-3-1-6-24-10-15-26(16-11-24)27-17-12-25(13-18-27)14-20-31(54)49-29(40(61)62)7-2-4-22-46-38(59)28(19-21-33(57)58)48-30(53)8-5-9-32(55)56/h10-13,15-18,28-29H,1-9,14,19-23H2,(H,46,59)(H,48,53)(H,49,54)(H,55,56)(H,57,58)(H,61,62)(H4,43,44,51)(H3,45,47,52,60)/t28-,29+/m1/s1. The Morgan fingerprint density at radius 2 is 1.19 bits per heavy atom. The fraction of sp³-hybridized carbons (Fsp3) is 0.415. The topological polar surface area (TPSA) is 342 Å². The number of amides is 4. The second kappa shape index (κ2) is 25.7. The Bertz CT molecular complexity index is 2050. The fourth-order valence-electron chi connectivity index (χ4n) is 6.01. The number of nitrogens with zero attached hydrogens (tertiary/aromatic N) is 2. The van der Waals surface area contributed by atoms with Crippen LogP contribution in [0.4, 0.5) is 11.6 Å². The van der Waals surface area contributed by atoms with Crippen LogP contribution in [0, 0.1) is 5.41 Å². The zero-order valence-electron chi connectivity index (χ0n) is 34.0. The number of carbonyl (C=O) groups excluding carboxylic acids is 4. The van der Waals surface area contributed by atoms with E-state index in [0.717, 1.165) is 41.5 Å². The molecular weight excluding hydrogens is 828 g/mol. The summed E-state index contributed by atoms with van der Waals surface area (Å²) in [7, 11) is 0. The molecule has 3 rings (SSSR count). The van der Waals surface area contributed by atoms with Crippen LogP contribution >= 0.6 is 11.6 Å². The lowest BCUT2D eigenvalue weighted by atomic mass is 9.99. The van der Waals surface area contributed by atoms with Crippen molar-refractivity contribution in [2.24, 2.45) is 0 Å². The van der Waals surface area contributed by atoms with Crippen molar-refractivity contribution in [2.45, 2.75) is 95.6 Å². The van der Waals surface area contributed by atoms with E-state index in [2.05, 4.69) is 36.6 Å². The Hall–Kier alpha value is -6.83. The van der Waals surface area contributed by atoms with Gasteiger partial charge in [0.25, 0.3) is 5.91 Å². The zero-order chi connectivity index (χ0) is 45.6. The van der Waals surface area contributed by atoms with E-state index in [1.807, 2.05) is 48.5 Å². The number of nitrogens with two attached hydrogens (primary N) is 2. The third-order valence-electron chi connectivity index (χ3n) is 9.38. The maximum Gasteiger partial charge on any atom is 0.326 e. The molecule has 0 saturated carbocycles. The molecule has 0 radical (unpaired) electrons. The minimum Gasteiger partial charge on any atom is -0.481 e. The number of aryl methyl sites for hydroxylation is 2. The average molecular weight is 881 g/mol. The van der Waals surface area contributed by atoms with Crippen molar-refractivity contribution in [3.05, 3.63) is 70.5 Å². The maximum atomic E-state index is 12.7. The molecule has 0 saturated heterocycles. The SMILES string of the molecule is N=C(NCCCCc1ccc(-c2ccc(CCC(=O)N[C@@H](CCCCNC(=O)[C@@H](CCC(=O)O)NC(=O)CCCC(=O)O)C(=O)O)cc2)cc1)NC(=O)c1nc(Cl)c(N)nc1N. The Morgan fingerprint density at radius 1 is 0.629 bits per heavy atom. The molecular formula is C41H53ClN10O10. The highest BCUT2D eigenvalue weighted by atomic mass is 35.5. The number of benzene rings is 2. The molecule has 0 fully saturated rings. The molecule has 1 heterocycles.